The summed E-state index contributed by atoms with van der Waals surface area (Å²) in [6, 6.07) is 3.65. The molecule has 9 nitrogen and oxygen atoms in total. The van der Waals surface area contributed by atoms with Gasteiger partial charge in [-0.25, -0.2) is 4.79 Å². The lowest BCUT2D eigenvalue weighted by molar-refractivity contribution is -0.143. The number of benzene rings is 1. The number of hydrogen-bond acceptors (Lipinski definition) is 5. The summed E-state index contributed by atoms with van der Waals surface area (Å²) in [5, 5.41) is 5.65. The normalized spacial score (nSPS) is 18.4. The summed E-state index contributed by atoms with van der Waals surface area (Å²) in [5.41, 5.74) is 7.18. The van der Waals surface area contributed by atoms with Crippen molar-refractivity contribution in [3.8, 4) is 0 Å². The third-order valence-corrected chi connectivity index (χ3v) is 6.52. The van der Waals surface area contributed by atoms with Crippen LogP contribution in [0.4, 0.5) is 4.79 Å². The highest BCUT2D eigenvalue weighted by atomic mass is 16.6. The topological polar surface area (TPSA) is 131 Å². The summed E-state index contributed by atoms with van der Waals surface area (Å²) >= 11 is 0. The maximum atomic E-state index is 14.2. The molecule has 1 saturated carbocycles. The number of nitrogens with zero attached hydrogens (tertiary/aromatic N) is 1. The third-order valence-electron chi connectivity index (χ3n) is 6.52. The van der Waals surface area contributed by atoms with Gasteiger partial charge in [-0.1, -0.05) is 38.5 Å². The number of rotatable bonds is 12. The van der Waals surface area contributed by atoms with Gasteiger partial charge >= 0.3 is 6.09 Å². The quantitative estimate of drug-likeness (QED) is 0.365. The van der Waals surface area contributed by atoms with Crippen LogP contribution in [-0.4, -0.2) is 52.9 Å². The number of carbonyl (C=O) groups is 4. The van der Waals surface area contributed by atoms with Gasteiger partial charge in [0, 0.05) is 19.0 Å². The van der Waals surface area contributed by atoms with Gasteiger partial charge in [-0.2, -0.15) is 0 Å². The first kappa shape index (κ1) is 30.1. The standard InChI is InChI=1S/C28H44N4O5/c1-8-9-15-30-25(34)24(23-17(2)11-10-12-18(23)3)32(21-16-19(21)4)26(35)20(13-14-22(29)33)31-27(36)37-28(5,6)7/h10-12,19-21,24H,8-9,13-16H2,1-7H3,(H2,29,33)(H,30,34)(H,31,36). The molecule has 1 aliphatic carbocycles. The van der Waals surface area contributed by atoms with Crippen molar-refractivity contribution in [2.45, 2.75) is 104 Å². The van der Waals surface area contributed by atoms with E-state index >= 15 is 0 Å². The van der Waals surface area contributed by atoms with Gasteiger partial charge < -0.3 is 26.0 Å². The van der Waals surface area contributed by atoms with Crippen molar-refractivity contribution >= 4 is 23.8 Å². The Bertz CT molecular complexity index is 967. The Kier molecular flexibility index (Phi) is 10.5. The first-order chi connectivity index (χ1) is 17.3. The molecule has 4 atom stereocenters. The van der Waals surface area contributed by atoms with Gasteiger partial charge in [0.05, 0.1) is 0 Å². The van der Waals surface area contributed by atoms with E-state index in [4.69, 9.17) is 10.5 Å². The van der Waals surface area contributed by atoms with Crippen LogP contribution >= 0.6 is 0 Å². The van der Waals surface area contributed by atoms with E-state index in [1.807, 2.05) is 45.9 Å². The molecule has 0 radical (unpaired) electrons. The fourth-order valence-electron chi connectivity index (χ4n) is 4.49. The Morgan fingerprint density at radius 1 is 1.16 bits per heavy atom. The minimum absolute atomic E-state index is 0.00192. The van der Waals surface area contributed by atoms with Crippen LogP contribution in [-0.2, 0) is 19.1 Å². The number of ether oxygens (including phenoxy) is 1. The lowest BCUT2D eigenvalue weighted by Crippen LogP contribution is -2.54. The molecule has 1 aromatic rings. The van der Waals surface area contributed by atoms with Gasteiger partial charge in [-0.3, -0.25) is 14.4 Å². The van der Waals surface area contributed by atoms with Crippen LogP contribution in [0.1, 0.15) is 89.5 Å². The molecule has 1 aliphatic rings. The number of amides is 4. The number of alkyl carbamates (subject to hydrolysis) is 1. The number of unbranched alkanes of at least 4 members (excludes halogenated alkanes) is 1. The van der Waals surface area contributed by atoms with E-state index in [2.05, 4.69) is 10.6 Å². The second-order valence-electron chi connectivity index (χ2n) is 11.1. The van der Waals surface area contributed by atoms with E-state index in [1.165, 1.54) is 0 Å². The van der Waals surface area contributed by atoms with Crippen LogP contribution < -0.4 is 16.4 Å². The highest BCUT2D eigenvalue weighted by Gasteiger charge is 2.48. The molecule has 0 aromatic heterocycles. The second-order valence-corrected chi connectivity index (χ2v) is 11.1. The van der Waals surface area contributed by atoms with Crippen LogP contribution in [0, 0.1) is 19.8 Å². The van der Waals surface area contributed by atoms with Crippen LogP contribution in [0.3, 0.4) is 0 Å². The minimum atomic E-state index is -1.08. The van der Waals surface area contributed by atoms with Crippen molar-refractivity contribution < 1.29 is 23.9 Å². The van der Waals surface area contributed by atoms with Crippen molar-refractivity contribution in [1.82, 2.24) is 15.5 Å². The summed E-state index contributed by atoms with van der Waals surface area (Å²) in [4.78, 5) is 53.8. The SMILES string of the molecule is CCCCNC(=O)C(c1c(C)cccc1C)N(C(=O)C(CCC(N)=O)NC(=O)OC(C)(C)C)C1CC1C. The molecule has 0 spiro atoms. The molecule has 1 aromatic carbocycles. The smallest absolute Gasteiger partial charge is 0.408 e. The summed E-state index contributed by atoms with van der Waals surface area (Å²) in [6.07, 6.45) is 1.62. The number of primary amides is 1. The summed E-state index contributed by atoms with van der Waals surface area (Å²) in [5.74, 6) is -1.08. The molecule has 1 fully saturated rings. The molecule has 37 heavy (non-hydrogen) atoms. The van der Waals surface area contributed by atoms with Gasteiger partial charge in [0.15, 0.2) is 0 Å². The van der Waals surface area contributed by atoms with E-state index in [1.54, 1.807) is 25.7 Å². The average Bonchev–Trinajstić information content (AvgIpc) is 3.49. The van der Waals surface area contributed by atoms with Gasteiger partial charge in [0.1, 0.15) is 17.7 Å². The Balaban J connectivity index is 2.53. The predicted octanol–water partition coefficient (Wildman–Crippen LogP) is 3.66. The van der Waals surface area contributed by atoms with Crippen molar-refractivity contribution in [3.05, 3.63) is 34.9 Å². The Labute approximate surface area is 220 Å². The molecule has 4 unspecified atom stereocenters. The monoisotopic (exact) mass is 516 g/mol. The molecule has 0 aliphatic heterocycles. The van der Waals surface area contributed by atoms with Gasteiger partial charge in [-0.15, -0.1) is 0 Å². The zero-order valence-electron chi connectivity index (χ0n) is 23.3. The minimum Gasteiger partial charge on any atom is -0.444 e. The number of hydrogen-bond donors (Lipinski definition) is 3. The summed E-state index contributed by atoms with van der Waals surface area (Å²) in [7, 11) is 0. The maximum absolute atomic E-state index is 14.2. The third kappa shape index (κ3) is 8.76. The van der Waals surface area contributed by atoms with E-state index in [9.17, 15) is 19.2 Å². The Morgan fingerprint density at radius 2 is 1.76 bits per heavy atom. The molecule has 0 saturated heterocycles. The van der Waals surface area contributed by atoms with Crippen LogP contribution in [0.25, 0.3) is 0 Å². The Morgan fingerprint density at radius 3 is 2.24 bits per heavy atom. The lowest BCUT2D eigenvalue weighted by atomic mass is 9.93. The number of nitrogens with one attached hydrogen (secondary N) is 2. The van der Waals surface area contributed by atoms with Crippen molar-refractivity contribution in [3.63, 3.8) is 0 Å². The van der Waals surface area contributed by atoms with E-state index in [-0.39, 0.29) is 30.7 Å². The van der Waals surface area contributed by atoms with Gasteiger partial charge in [0.25, 0.3) is 0 Å². The summed E-state index contributed by atoms with van der Waals surface area (Å²) in [6.45, 7) is 13.6. The predicted molar refractivity (Wildman–Crippen MR) is 143 cm³/mol. The van der Waals surface area contributed by atoms with Crippen LogP contribution in [0.2, 0.25) is 0 Å². The van der Waals surface area contributed by atoms with Crippen molar-refractivity contribution in [1.29, 1.82) is 0 Å². The highest BCUT2D eigenvalue weighted by molar-refractivity contribution is 5.93. The van der Waals surface area contributed by atoms with Crippen molar-refractivity contribution in [2.75, 3.05) is 6.54 Å². The number of aryl methyl sites for hydroxylation is 2. The lowest BCUT2D eigenvalue weighted by Gasteiger charge is -2.36. The molecule has 2 rings (SSSR count). The van der Waals surface area contributed by atoms with E-state index in [0.717, 1.165) is 36.0 Å². The average molecular weight is 517 g/mol. The maximum Gasteiger partial charge on any atom is 0.408 e. The molecule has 206 valence electrons. The van der Waals surface area contributed by atoms with Gasteiger partial charge in [-0.05, 0) is 76.5 Å². The van der Waals surface area contributed by atoms with Crippen LogP contribution in [0.5, 0.6) is 0 Å². The van der Waals surface area contributed by atoms with E-state index in [0.29, 0.717) is 6.54 Å². The first-order valence-corrected chi connectivity index (χ1v) is 13.2. The summed E-state index contributed by atoms with van der Waals surface area (Å²) < 4.78 is 5.38. The highest BCUT2D eigenvalue weighted by Crippen LogP contribution is 2.42. The zero-order chi connectivity index (χ0) is 27.9. The number of carbonyl (C=O) groups excluding carboxylic acids is 4. The van der Waals surface area contributed by atoms with Gasteiger partial charge in [0.2, 0.25) is 17.7 Å². The molecular weight excluding hydrogens is 472 g/mol. The molecule has 0 heterocycles. The zero-order valence-corrected chi connectivity index (χ0v) is 23.3. The fourth-order valence-corrected chi connectivity index (χ4v) is 4.49. The Hall–Kier alpha value is -3.10. The molecule has 4 N–H and O–H groups in total. The fraction of sp³-hybridized carbons (Fsp3) is 0.643. The number of nitrogens with two attached hydrogens (primary N) is 1. The van der Waals surface area contributed by atoms with E-state index < -0.39 is 35.6 Å². The molecule has 0 bridgehead atoms. The second kappa shape index (κ2) is 12.9. The molecular formula is C28H44N4O5. The van der Waals surface area contributed by atoms with Crippen molar-refractivity contribution in [2.24, 2.45) is 11.7 Å². The largest absolute Gasteiger partial charge is 0.444 e. The molecule has 9 heteroatoms. The first-order valence-electron chi connectivity index (χ1n) is 13.2. The molecule has 4 amide bonds. The van der Waals surface area contributed by atoms with Crippen LogP contribution in [0.15, 0.2) is 18.2 Å².